The normalized spacial score (nSPS) is 36.3. The van der Waals surface area contributed by atoms with Gasteiger partial charge in [-0.25, -0.2) is 8.78 Å². The first-order valence-corrected chi connectivity index (χ1v) is 13.8. The molecule has 0 aromatic carbocycles. The third-order valence-electron chi connectivity index (χ3n) is 8.81. The second-order valence-electron chi connectivity index (χ2n) is 11.1. The van der Waals surface area contributed by atoms with Gasteiger partial charge in [0.1, 0.15) is 18.1 Å². The Balaban J connectivity index is 1.57. The summed E-state index contributed by atoms with van der Waals surface area (Å²) < 4.78 is 41.3. The van der Waals surface area contributed by atoms with Crippen LogP contribution in [0.4, 0.5) is 8.78 Å². The Morgan fingerprint density at radius 1 is 1.18 bits per heavy atom. The number of halogens is 2. The number of alkyl halides is 2. The monoisotopic (exact) mass is 477 g/mol. The fourth-order valence-electron chi connectivity index (χ4n) is 6.57. The van der Waals surface area contributed by atoms with Crippen LogP contribution in [0.1, 0.15) is 78.6 Å². The highest BCUT2D eigenvalue weighted by Crippen LogP contribution is 2.44. The zero-order chi connectivity index (χ0) is 24.1. The molecule has 4 rings (SSSR count). The molecule has 0 aromatic heterocycles. The maximum atomic E-state index is 15.0. The third kappa shape index (κ3) is 6.13. The second kappa shape index (κ2) is 12.2. The molecule has 1 saturated heterocycles. The highest BCUT2D eigenvalue weighted by atomic mass is 19.1. The Kier molecular flexibility index (Phi) is 9.26. The third-order valence-corrected chi connectivity index (χ3v) is 8.81. The number of nitrogens with one attached hydrogen (secondary N) is 1. The molecule has 2 fully saturated rings. The van der Waals surface area contributed by atoms with Crippen LogP contribution in [0.15, 0.2) is 35.1 Å². The SMILES string of the molecule is CC=CCC(CC)C1CC(C)=C2CC(C3CC(F)CCC3F)C=C(OCC3CCOCC3)C2N1. The van der Waals surface area contributed by atoms with E-state index in [2.05, 4.69) is 44.3 Å². The first-order valence-electron chi connectivity index (χ1n) is 13.8. The van der Waals surface area contributed by atoms with Gasteiger partial charge in [0.15, 0.2) is 0 Å². The van der Waals surface area contributed by atoms with E-state index in [1.807, 2.05) is 0 Å². The first kappa shape index (κ1) is 25.9. The quantitative estimate of drug-likeness (QED) is 0.388. The van der Waals surface area contributed by atoms with E-state index in [4.69, 9.17) is 9.47 Å². The molecular weight excluding hydrogens is 432 g/mol. The molecular formula is C29H45F2NO2. The van der Waals surface area contributed by atoms with E-state index in [0.717, 1.165) is 57.5 Å². The maximum absolute atomic E-state index is 15.0. The lowest BCUT2D eigenvalue weighted by Gasteiger charge is -2.44. The van der Waals surface area contributed by atoms with Crippen molar-refractivity contribution in [2.75, 3.05) is 19.8 Å². The van der Waals surface area contributed by atoms with Crippen molar-refractivity contribution in [3.8, 4) is 0 Å². The number of rotatable bonds is 8. The Labute approximate surface area is 205 Å². The predicted molar refractivity (Wildman–Crippen MR) is 134 cm³/mol. The minimum absolute atomic E-state index is 0.0165. The van der Waals surface area contributed by atoms with Crippen molar-refractivity contribution in [2.45, 2.75) is 103 Å². The Morgan fingerprint density at radius 2 is 1.97 bits per heavy atom. The van der Waals surface area contributed by atoms with Gasteiger partial charge < -0.3 is 14.8 Å². The number of hydrogen-bond donors (Lipinski definition) is 1. The highest BCUT2D eigenvalue weighted by molar-refractivity contribution is 5.36. The molecule has 2 heterocycles. The molecule has 7 unspecified atom stereocenters. The van der Waals surface area contributed by atoms with E-state index in [9.17, 15) is 8.78 Å². The summed E-state index contributed by atoms with van der Waals surface area (Å²) >= 11 is 0. The van der Waals surface area contributed by atoms with Crippen LogP contribution in [-0.2, 0) is 9.47 Å². The molecule has 7 atom stereocenters. The first-order chi connectivity index (χ1) is 16.5. The van der Waals surface area contributed by atoms with Crippen molar-refractivity contribution in [1.82, 2.24) is 5.32 Å². The van der Waals surface area contributed by atoms with E-state index < -0.39 is 12.3 Å². The predicted octanol–water partition coefficient (Wildman–Crippen LogP) is 6.85. The Hall–Kier alpha value is -1.20. The highest BCUT2D eigenvalue weighted by Gasteiger charge is 2.42. The standard InChI is InChI=1S/C29H45F2NO2/c1-4-6-7-21(5-2)27-14-19(3)24-15-22(25-17-23(30)8-9-26(25)31)16-28(29(24)32-27)34-18-20-10-12-33-13-11-20/h4,6,16,20-23,25-27,29,32H,5,7-15,17-18H2,1-3H3. The van der Waals surface area contributed by atoms with E-state index in [-0.39, 0.29) is 17.9 Å². The molecule has 1 saturated carbocycles. The van der Waals surface area contributed by atoms with E-state index in [1.165, 1.54) is 11.1 Å². The average molecular weight is 478 g/mol. The summed E-state index contributed by atoms with van der Waals surface area (Å²) in [5, 5.41) is 3.95. The molecule has 192 valence electrons. The lowest BCUT2D eigenvalue weighted by molar-refractivity contribution is 0.0309. The summed E-state index contributed by atoms with van der Waals surface area (Å²) in [6.07, 6.45) is 12.0. The van der Waals surface area contributed by atoms with E-state index in [1.54, 1.807) is 0 Å². The fraction of sp³-hybridized carbons (Fsp3) is 0.793. The van der Waals surface area contributed by atoms with Crippen molar-refractivity contribution < 1.29 is 18.3 Å². The molecule has 4 aliphatic rings. The lowest BCUT2D eigenvalue weighted by Crippen LogP contribution is -2.51. The number of fused-ring (bicyclic) bond motifs is 1. The fourth-order valence-corrected chi connectivity index (χ4v) is 6.57. The van der Waals surface area contributed by atoms with Crippen molar-refractivity contribution in [1.29, 1.82) is 0 Å². The van der Waals surface area contributed by atoms with Crippen LogP contribution in [-0.4, -0.2) is 44.2 Å². The number of allylic oxidation sites excluding steroid dienone is 3. The minimum atomic E-state index is -0.919. The number of ether oxygens (including phenoxy) is 2. The van der Waals surface area contributed by atoms with Gasteiger partial charge in [0.2, 0.25) is 0 Å². The van der Waals surface area contributed by atoms with Crippen LogP contribution in [0, 0.1) is 23.7 Å². The maximum Gasteiger partial charge on any atom is 0.113 e. The Morgan fingerprint density at radius 3 is 2.71 bits per heavy atom. The summed E-state index contributed by atoms with van der Waals surface area (Å²) in [6.45, 7) is 8.90. The van der Waals surface area contributed by atoms with Crippen LogP contribution in [0.2, 0.25) is 0 Å². The summed E-state index contributed by atoms with van der Waals surface area (Å²) in [6, 6.07) is 0.470. The summed E-state index contributed by atoms with van der Waals surface area (Å²) in [5.74, 6) is 1.80. The summed E-state index contributed by atoms with van der Waals surface area (Å²) in [4.78, 5) is 0. The molecule has 34 heavy (non-hydrogen) atoms. The molecule has 0 radical (unpaired) electrons. The molecule has 3 nitrogen and oxygen atoms in total. The van der Waals surface area contributed by atoms with Gasteiger partial charge in [0.05, 0.1) is 12.6 Å². The molecule has 5 heteroatoms. The van der Waals surface area contributed by atoms with Gasteiger partial charge in [-0.2, -0.15) is 0 Å². The zero-order valence-electron chi connectivity index (χ0n) is 21.4. The van der Waals surface area contributed by atoms with Gasteiger partial charge in [-0.05, 0) is 101 Å². The van der Waals surface area contributed by atoms with Crippen molar-refractivity contribution >= 4 is 0 Å². The van der Waals surface area contributed by atoms with Crippen molar-refractivity contribution in [2.24, 2.45) is 23.7 Å². The summed E-state index contributed by atoms with van der Waals surface area (Å²) in [5.41, 5.74) is 2.78. The molecule has 1 N–H and O–H groups in total. The molecule has 0 bridgehead atoms. The largest absolute Gasteiger partial charge is 0.496 e. The minimum Gasteiger partial charge on any atom is -0.496 e. The van der Waals surface area contributed by atoms with Crippen LogP contribution in [0.3, 0.4) is 0 Å². The van der Waals surface area contributed by atoms with Crippen LogP contribution >= 0.6 is 0 Å². The van der Waals surface area contributed by atoms with E-state index in [0.29, 0.717) is 43.7 Å². The zero-order valence-corrected chi connectivity index (χ0v) is 21.4. The van der Waals surface area contributed by atoms with Gasteiger partial charge >= 0.3 is 0 Å². The van der Waals surface area contributed by atoms with Gasteiger partial charge in [-0.1, -0.05) is 31.1 Å². The van der Waals surface area contributed by atoms with Gasteiger partial charge in [-0.3, -0.25) is 0 Å². The molecule has 2 aliphatic heterocycles. The van der Waals surface area contributed by atoms with Crippen molar-refractivity contribution in [3.63, 3.8) is 0 Å². The topological polar surface area (TPSA) is 30.5 Å². The average Bonchev–Trinajstić information content (AvgIpc) is 2.85. The second-order valence-corrected chi connectivity index (χ2v) is 11.1. The van der Waals surface area contributed by atoms with Crippen molar-refractivity contribution in [3.05, 3.63) is 35.1 Å². The molecule has 0 amide bonds. The summed E-state index contributed by atoms with van der Waals surface area (Å²) in [7, 11) is 0. The lowest BCUT2D eigenvalue weighted by atomic mass is 9.69. The molecule has 0 spiro atoms. The van der Waals surface area contributed by atoms with Crippen LogP contribution < -0.4 is 5.32 Å². The van der Waals surface area contributed by atoms with E-state index >= 15 is 0 Å². The number of hydrogen-bond acceptors (Lipinski definition) is 3. The van der Waals surface area contributed by atoms with Crippen LogP contribution in [0.25, 0.3) is 0 Å². The molecule has 2 aliphatic carbocycles. The van der Waals surface area contributed by atoms with Gasteiger partial charge in [0.25, 0.3) is 0 Å². The van der Waals surface area contributed by atoms with Crippen LogP contribution in [0.5, 0.6) is 0 Å². The molecule has 0 aromatic rings. The van der Waals surface area contributed by atoms with Gasteiger partial charge in [0, 0.05) is 19.3 Å². The Bertz CT molecular complexity index is 757. The smallest absolute Gasteiger partial charge is 0.113 e. The van der Waals surface area contributed by atoms with Gasteiger partial charge in [-0.15, -0.1) is 0 Å².